The molecule has 3 aromatic rings. The molecule has 2 aromatic heterocycles. The van der Waals surface area contributed by atoms with Crippen molar-refractivity contribution in [3.05, 3.63) is 45.9 Å². The minimum Gasteiger partial charge on any atom is -0.495 e. The fraction of sp³-hybridized carbons (Fsp3) is 0.133. The van der Waals surface area contributed by atoms with Gasteiger partial charge in [-0.25, -0.2) is 4.79 Å². The SMILES string of the molecule is COc1ccc(Cl)cc1NC(=O)COC(=O)c1sccc1-n1cnnn1. The van der Waals surface area contributed by atoms with Crippen LogP contribution in [0.15, 0.2) is 36.0 Å². The third-order valence-electron chi connectivity index (χ3n) is 3.20. The van der Waals surface area contributed by atoms with E-state index in [1.807, 2.05) is 0 Å². The second-order valence-electron chi connectivity index (χ2n) is 4.86. The first-order valence-electron chi connectivity index (χ1n) is 7.20. The Morgan fingerprint density at radius 2 is 2.19 bits per heavy atom. The monoisotopic (exact) mass is 393 g/mol. The predicted octanol–water partition coefficient (Wildman–Crippen LogP) is 2.18. The summed E-state index contributed by atoms with van der Waals surface area (Å²) in [5.41, 5.74) is 0.855. The van der Waals surface area contributed by atoms with Gasteiger partial charge in [0.05, 0.1) is 18.5 Å². The molecule has 0 radical (unpaired) electrons. The maximum absolute atomic E-state index is 12.2. The van der Waals surface area contributed by atoms with Gasteiger partial charge in [0.15, 0.2) is 6.61 Å². The number of esters is 1. The zero-order valence-corrected chi connectivity index (χ0v) is 15.0. The van der Waals surface area contributed by atoms with E-state index in [4.69, 9.17) is 21.1 Å². The first kappa shape index (κ1) is 17.8. The van der Waals surface area contributed by atoms with Gasteiger partial charge in [-0.15, -0.1) is 16.4 Å². The highest BCUT2D eigenvalue weighted by molar-refractivity contribution is 7.12. The van der Waals surface area contributed by atoms with Crippen molar-refractivity contribution in [1.82, 2.24) is 20.2 Å². The van der Waals surface area contributed by atoms with Gasteiger partial charge in [0.1, 0.15) is 17.0 Å². The molecule has 0 aliphatic rings. The van der Waals surface area contributed by atoms with E-state index in [9.17, 15) is 9.59 Å². The standard InChI is InChI=1S/C15H12ClN5O4S/c1-24-12-3-2-9(16)6-10(12)18-13(22)7-25-15(23)14-11(4-5-26-14)21-8-17-19-20-21/h2-6,8H,7H2,1H3,(H,18,22). The molecule has 0 fully saturated rings. The Balaban J connectivity index is 1.63. The molecule has 1 N–H and O–H groups in total. The number of thiophene rings is 1. The fourth-order valence-corrected chi connectivity index (χ4v) is 3.01. The van der Waals surface area contributed by atoms with Gasteiger partial charge in [0, 0.05) is 5.02 Å². The van der Waals surface area contributed by atoms with Crippen LogP contribution >= 0.6 is 22.9 Å². The molecule has 9 nitrogen and oxygen atoms in total. The number of tetrazole rings is 1. The van der Waals surface area contributed by atoms with Crippen LogP contribution < -0.4 is 10.1 Å². The van der Waals surface area contributed by atoms with Gasteiger partial charge in [-0.3, -0.25) is 4.79 Å². The fourth-order valence-electron chi connectivity index (χ4n) is 2.07. The Hall–Kier alpha value is -2.98. The molecule has 0 spiro atoms. The Kier molecular flexibility index (Phi) is 5.44. The highest BCUT2D eigenvalue weighted by Crippen LogP contribution is 2.27. The number of halogens is 1. The lowest BCUT2D eigenvalue weighted by Gasteiger charge is -2.10. The maximum Gasteiger partial charge on any atom is 0.351 e. The molecular formula is C15H12ClN5O4S. The largest absolute Gasteiger partial charge is 0.495 e. The number of amides is 1. The minimum atomic E-state index is -0.654. The van der Waals surface area contributed by atoms with Crippen LogP contribution in [0.5, 0.6) is 5.75 Å². The zero-order valence-electron chi connectivity index (χ0n) is 13.4. The second kappa shape index (κ2) is 7.93. The van der Waals surface area contributed by atoms with Crippen molar-refractivity contribution in [3.63, 3.8) is 0 Å². The number of nitrogens with one attached hydrogen (secondary N) is 1. The third-order valence-corrected chi connectivity index (χ3v) is 4.31. The Labute approximate surface area is 156 Å². The van der Waals surface area contributed by atoms with Gasteiger partial charge in [-0.1, -0.05) is 11.6 Å². The Morgan fingerprint density at radius 1 is 1.35 bits per heavy atom. The molecule has 0 atom stereocenters. The summed E-state index contributed by atoms with van der Waals surface area (Å²) in [5.74, 6) is -0.744. The van der Waals surface area contributed by atoms with Crippen LogP contribution in [0.1, 0.15) is 9.67 Å². The van der Waals surface area contributed by atoms with E-state index in [0.717, 1.165) is 11.3 Å². The molecule has 0 unspecified atom stereocenters. The van der Waals surface area contributed by atoms with E-state index < -0.39 is 18.5 Å². The lowest BCUT2D eigenvalue weighted by molar-refractivity contribution is -0.119. The molecule has 3 rings (SSSR count). The molecule has 0 bridgehead atoms. The van der Waals surface area contributed by atoms with Gasteiger partial charge in [0.25, 0.3) is 5.91 Å². The molecule has 26 heavy (non-hydrogen) atoms. The Morgan fingerprint density at radius 3 is 2.92 bits per heavy atom. The number of methoxy groups -OCH3 is 1. The van der Waals surface area contributed by atoms with E-state index in [0.29, 0.717) is 22.1 Å². The molecule has 1 aromatic carbocycles. The Bertz CT molecular complexity index is 928. The summed E-state index contributed by atoms with van der Waals surface area (Å²) in [7, 11) is 1.47. The van der Waals surface area contributed by atoms with Crippen molar-refractivity contribution in [1.29, 1.82) is 0 Å². The lowest BCUT2D eigenvalue weighted by Crippen LogP contribution is -2.21. The summed E-state index contributed by atoms with van der Waals surface area (Å²) in [6, 6.07) is 6.46. The van der Waals surface area contributed by atoms with Crippen molar-refractivity contribution in [3.8, 4) is 11.4 Å². The normalized spacial score (nSPS) is 10.4. The van der Waals surface area contributed by atoms with Crippen LogP contribution in [0.2, 0.25) is 5.02 Å². The third kappa shape index (κ3) is 3.98. The van der Waals surface area contributed by atoms with Crippen LogP contribution in [-0.2, 0) is 9.53 Å². The number of ether oxygens (including phenoxy) is 2. The molecule has 2 heterocycles. The summed E-state index contributed by atoms with van der Waals surface area (Å²) >= 11 is 7.07. The lowest BCUT2D eigenvalue weighted by atomic mass is 10.3. The van der Waals surface area contributed by atoms with Crippen LogP contribution in [0, 0.1) is 0 Å². The van der Waals surface area contributed by atoms with Crippen molar-refractivity contribution < 1.29 is 19.1 Å². The summed E-state index contributed by atoms with van der Waals surface area (Å²) in [4.78, 5) is 24.6. The van der Waals surface area contributed by atoms with E-state index in [1.54, 1.807) is 23.6 Å². The molecule has 0 saturated heterocycles. The summed E-state index contributed by atoms with van der Waals surface area (Å²) < 4.78 is 11.5. The molecule has 0 saturated carbocycles. The number of hydrogen-bond acceptors (Lipinski definition) is 8. The van der Waals surface area contributed by atoms with E-state index in [1.165, 1.54) is 24.2 Å². The van der Waals surface area contributed by atoms with Gasteiger partial charge in [0.2, 0.25) is 0 Å². The molecular weight excluding hydrogens is 382 g/mol. The number of nitrogens with zero attached hydrogens (tertiary/aromatic N) is 4. The van der Waals surface area contributed by atoms with Gasteiger partial charge < -0.3 is 14.8 Å². The van der Waals surface area contributed by atoms with Gasteiger partial charge >= 0.3 is 5.97 Å². The number of carbonyl (C=O) groups excluding carboxylic acids is 2. The van der Waals surface area contributed by atoms with E-state index >= 15 is 0 Å². The van der Waals surface area contributed by atoms with Gasteiger partial charge in [-0.05, 0) is 40.1 Å². The number of aromatic nitrogens is 4. The average Bonchev–Trinajstić information content (AvgIpc) is 3.30. The average molecular weight is 394 g/mol. The molecule has 0 aliphatic heterocycles. The topological polar surface area (TPSA) is 108 Å². The number of rotatable bonds is 6. The first-order chi connectivity index (χ1) is 12.6. The second-order valence-corrected chi connectivity index (χ2v) is 6.21. The van der Waals surface area contributed by atoms with Crippen molar-refractivity contribution in [2.75, 3.05) is 19.0 Å². The van der Waals surface area contributed by atoms with E-state index in [-0.39, 0.29) is 4.88 Å². The van der Waals surface area contributed by atoms with Crippen LogP contribution in [-0.4, -0.2) is 45.8 Å². The smallest absolute Gasteiger partial charge is 0.351 e. The quantitative estimate of drug-likeness (QED) is 0.639. The zero-order chi connectivity index (χ0) is 18.5. The van der Waals surface area contributed by atoms with Crippen LogP contribution in [0.25, 0.3) is 5.69 Å². The minimum absolute atomic E-state index is 0.283. The number of hydrogen-bond donors (Lipinski definition) is 1. The van der Waals surface area contributed by atoms with Crippen LogP contribution in [0.3, 0.4) is 0 Å². The first-order valence-corrected chi connectivity index (χ1v) is 8.45. The number of anilines is 1. The summed E-state index contributed by atoms with van der Waals surface area (Å²) in [6.45, 7) is -0.471. The maximum atomic E-state index is 12.2. The number of benzene rings is 1. The predicted molar refractivity (Wildman–Crippen MR) is 93.9 cm³/mol. The summed E-state index contributed by atoms with van der Waals surface area (Å²) in [5, 5.41) is 15.5. The highest BCUT2D eigenvalue weighted by atomic mass is 35.5. The highest BCUT2D eigenvalue weighted by Gasteiger charge is 2.18. The van der Waals surface area contributed by atoms with Crippen molar-refractivity contribution in [2.24, 2.45) is 0 Å². The van der Waals surface area contributed by atoms with Gasteiger partial charge in [-0.2, -0.15) is 4.68 Å². The van der Waals surface area contributed by atoms with Crippen LogP contribution in [0.4, 0.5) is 5.69 Å². The van der Waals surface area contributed by atoms with E-state index in [2.05, 4.69) is 20.8 Å². The van der Waals surface area contributed by atoms with Crippen molar-refractivity contribution >= 4 is 40.5 Å². The molecule has 0 aliphatic carbocycles. The van der Waals surface area contributed by atoms with Crippen molar-refractivity contribution in [2.45, 2.75) is 0 Å². The number of carbonyl (C=O) groups is 2. The molecule has 134 valence electrons. The molecule has 11 heteroatoms. The molecule has 1 amide bonds. The summed E-state index contributed by atoms with van der Waals surface area (Å²) in [6.07, 6.45) is 1.36.